The Bertz CT molecular complexity index is 429. The number of hydrogen-bond acceptors (Lipinski definition) is 5. The molecule has 1 unspecified atom stereocenters. The molecule has 0 saturated carbocycles. The van der Waals surface area contributed by atoms with Gasteiger partial charge < -0.3 is 9.64 Å². The van der Waals surface area contributed by atoms with Crippen LogP contribution in [-0.2, 0) is 10.5 Å². The van der Waals surface area contributed by atoms with Crippen LogP contribution in [0.5, 0.6) is 0 Å². The van der Waals surface area contributed by atoms with E-state index in [9.17, 15) is 4.79 Å². The van der Waals surface area contributed by atoms with E-state index in [4.69, 9.17) is 4.74 Å². The van der Waals surface area contributed by atoms with Gasteiger partial charge in [0.1, 0.15) is 5.60 Å². The van der Waals surface area contributed by atoms with Crippen molar-refractivity contribution in [3.05, 3.63) is 16.6 Å². The van der Waals surface area contributed by atoms with Crippen LogP contribution >= 0.6 is 23.1 Å². The van der Waals surface area contributed by atoms with Gasteiger partial charge in [-0.15, -0.1) is 11.3 Å². The predicted molar refractivity (Wildman–Crippen MR) is 84.2 cm³/mol. The largest absolute Gasteiger partial charge is 0.444 e. The maximum absolute atomic E-state index is 12.1. The molecule has 1 fully saturated rings. The predicted octanol–water partition coefficient (Wildman–Crippen LogP) is 3.78. The van der Waals surface area contributed by atoms with Crippen LogP contribution in [0, 0.1) is 0 Å². The number of thiazole rings is 1. The number of hydrogen-bond donors (Lipinski definition) is 0. The number of ether oxygens (including phenoxy) is 1. The van der Waals surface area contributed by atoms with Gasteiger partial charge in [-0.2, -0.15) is 11.8 Å². The average Bonchev–Trinajstić information content (AvgIpc) is 2.88. The molecule has 1 aromatic heterocycles. The van der Waals surface area contributed by atoms with E-state index in [1.807, 2.05) is 49.1 Å². The molecule has 2 rings (SSSR count). The Balaban J connectivity index is 1.80. The molecule has 0 aromatic carbocycles. The van der Waals surface area contributed by atoms with Crippen LogP contribution in [-0.4, -0.2) is 39.9 Å². The van der Waals surface area contributed by atoms with Crippen LogP contribution < -0.4 is 0 Å². The van der Waals surface area contributed by atoms with Crippen molar-refractivity contribution in [3.63, 3.8) is 0 Å². The molecule has 0 spiro atoms. The van der Waals surface area contributed by atoms with E-state index in [1.165, 1.54) is 11.3 Å². The van der Waals surface area contributed by atoms with Crippen LogP contribution in [0.15, 0.2) is 11.7 Å². The molecule has 1 amide bonds. The first-order chi connectivity index (χ1) is 9.44. The average molecular weight is 314 g/mol. The quantitative estimate of drug-likeness (QED) is 0.851. The molecule has 0 aliphatic carbocycles. The molecule has 112 valence electrons. The maximum atomic E-state index is 12.1. The number of aromatic nitrogens is 1. The summed E-state index contributed by atoms with van der Waals surface area (Å²) in [5.41, 5.74) is 1.45. The van der Waals surface area contributed by atoms with E-state index in [2.05, 4.69) is 4.98 Å². The molecule has 0 N–H and O–H groups in total. The monoisotopic (exact) mass is 314 g/mol. The molecule has 6 heteroatoms. The lowest BCUT2D eigenvalue weighted by atomic mass is 10.1. The molecule has 1 atom stereocenters. The third kappa shape index (κ3) is 4.98. The summed E-state index contributed by atoms with van der Waals surface area (Å²) >= 11 is 3.60. The van der Waals surface area contributed by atoms with E-state index in [0.717, 1.165) is 25.3 Å². The highest BCUT2D eigenvalue weighted by Gasteiger charge is 2.27. The summed E-state index contributed by atoms with van der Waals surface area (Å²) in [6.07, 6.45) is 3.97. The Labute approximate surface area is 128 Å². The van der Waals surface area contributed by atoms with Crippen LogP contribution in [0.3, 0.4) is 0 Å². The van der Waals surface area contributed by atoms with Crippen molar-refractivity contribution < 1.29 is 9.53 Å². The van der Waals surface area contributed by atoms with Gasteiger partial charge in [-0.1, -0.05) is 0 Å². The smallest absolute Gasteiger partial charge is 0.410 e. The standard InChI is InChI=1S/C14H22N2O2S2/c1-14(2,3)18-13(17)16-6-4-5-11(8-16)19-9-12-7-15-10-20-12/h7,10-11H,4-6,8-9H2,1-3H3. The Kier molecular flexibility index (Phi) is 5.32. The normalized spacial score (nSPS) is 19.9. The maximum Gasteiger partial charge on any atom is 0.410 e. The van der Waals surface area contributed by atoms with Gasteiger partial charge in [0.25, 0.3) is 0 Å². The molecule has 1 saturated heterocycles. The third-order valence-electron chi connectivity index (χ3n) is 2.97. The SMILES string of the molecule is CC(C)(C)OC(=O)N1CCCC(SCc2cncs2)C1. The van der Waals surface area contributed by atoms with E-state index >= 15 is 0 Å². The number of amides is 1. The molecular weight excluding hydrogens is 292 g/mol. The lowest BCUT2D eigenvalue weighted by Crippen LogP contribution is -2.43. The molecule has 0 bridgehead atoms. The Hall–Kier alpha value is -0.750. The van der Waals surface area contributed by atoms with Crippen LogP contribution in [0.25, 0.3) is 0 Å². The lowest BCUT2D eigenvalue weighted by molar-refractivity contribution is 0.0220. The number of carbonyl (C=O) groups is 1. The van der Waals surface area contributed by atoms with Gasteiger partial charge in [0, 0.05) is 35.2 Å². The lowest BCUT2D eigenvalue weighted by Gasteiger charge is -2.33. The highest BCUT2D eigenvalue weighted by atomic mass is 32.2. The minimum absolute atomic E-state index is 0.180. The molecule has 0 radical (unpaired) electrons. The van der Waals surface area contributed by atoms with Crippen LogP contribution in [0.1, 0.15) is 38.5 Å². The molecule has 2 heterocycles. The van der Waals surface area contributed by atoms with Crippen molar-refractivity contribution in [1.29, 1.82) is 0 Å². The van der Waals surface area contributed by atoms with Gasteiger partial charge in [0.2, 0.25) is 0 Å². The first kappa shape index (κ1) is 15.6. The van der Waals surface area contributed by atoms with Gasteiger partial charge in [-0.25, -0.2) is 4.79 Å². The van der Waals surface area contributed by atoms with E-state index in [-0.39, 0.29) is 6.09 Å². The Morgan fingerprint density at radius 2 is 2.40 bits per heavy atom. The van der Waals surface area contributed by atoms with Crippen LogP contribution in [0.2, 0.25) is 0 Å². The first-order valence-corrected chi connectivity index (χ1v) is 8.84. The Morgan fingerprint density at radius 3 is 3.05 bits per heavy atom. The van der Waals surface area contributed by atoms with Gasteiger partial charge in [-0.05, 0) is 33.6 Å². The molecule has 4 nitrogen and oxygen atoms in total. The number of likely N-dealkylation sites (tertiary alicyclic amines) is 1. The third-order valence-corrected chi connectivity index (χ3v) is 5.27. The van der Waals surface area contributed by atoms with Crippen molar-refractivity contribution in [3.8, 4) is 0 Å². The van der Waals surface area contributed by atoms with Crippen molar-refractivity contribution >= 4 is 29.2 Å². The van der Waals surface area contributed by atoms with Gasteiger partial charge >= 0.3 is 6.09 Å². The molecular formula is C14H22N2O2S2. The zero-order chi connectivity index (χ0) is 14.6. The van der Waals surface area contributed by atoms with Crippen molar-refractivity contribution in [2.45, 2.75) is 50.2 Å². The summed E-state index contributed by atoms with van der Waals surface area (Å²) < 4.78 is 5.45. The summed E-state index contributed by atoms with van der Waals surface area (Å²) in [7, 11) is 0. The topological polar surface area (TPSA) is 42.4 Å². The zero-order valence-corrected chi connectivity index (χ0v) is 13.9. The Morgan fingerprint density at radius 1 is 1.60 bits per heavy atom. The van der Waals surface area contributed by atoms with Crippen molar-refractivity contribution in [2.75, 3.05) is 13.1 Å². The highest BCUT2D eigenvalue weighted by molar-refractivity contribution is 7.99. The summed E-state index contributed by atoms with van der Waals surface area (Å²) in [6.45, 7) is 7.32. The number of rotatable bonds is 3. The van der Waals surface area contributed by atoms with E-state index < -0.39 is 5.60 Å². The number of piperidine rings is 1. The van der Waals surface area contributed by atoms with Crippen molar-refractivity contribution in [2.24, 2.45) is 0 Å². The summed E-state index contributed by atoms with van der Waals surface area (Å²) in [5, 5.41) is 0.498. The highest BCUT2D eigenvalue weighted by Crippen LogP contribution is 2.27. The molecule has 1 aliphatic rings. The zero-order valence-electron chi connectivity index (χ0n) is 12.3. The van der Waals surface area contributed by atoms with E-state index in [0.29, 0.717) is 5.25 Å². The minimum Gasteiger partial charge on any atom is -0.444 e. The fraction of sp³-hybridized carbons (Fsp3) is 0.714. The van der Waals surface area contributed by atoms with Crippen molar-refractivity contribution in [1.82, 2.24) is 9.88 Å². The van der Waals surface area contributed by atoms with Gasteiger partial charge in [0.15, 0.2) is 0 Å². The summed E-state index contributed by atoms with van der Waals surface area (Å²) in [5.74, 6) is 0.984. The molecule has 20 heavy (non-hydrogen) atoms. The summed E-state index contributed by atoms with van der Waals surface area (Å²) in [4.78, 5) is 19.3. The molecule has 1 aliphatic heterocycles. The second-order valence-corrected chi connectivity index (χ2v) is 8.23. The number of nitrogens with zero attached hydrogens (tertiary/aromatic N) is 2. The van der Waals surface area contributed by atoms with Crippen LogP contribution in [0.4, 0.5) is 4.79 Å². The number of thioether (sulfide) groups is 1. The fourth-order valence-electron chi connectivity index (χ4n) is 2.08. The second-order valence-electron chi connectivity index (χ2n) is 5.97. The fourth-order valence-corrected chi connectivity index (χ4v) is 4.03. The minimum atomic E-state index is -0.417. The van der Waals surface area contributed by atoms with Gasteiger partial charge in [-0.3, -0.25) is 4.98 Å². The first-order valence-electron chi connectivity index (χ1n) is 6.91. The van der Waals surface area contributed by atoms with E-state index in [1.54, 1.807) is 11.3 Å². The summed E-state index contributed by atoms with van der Waals surface area (Å²) in [6, 6.07) is 0. The molecule has 1 aromatic rings. The second kappa shape index (κ2) is 6.80. The number of carbonyl (C=O) groups excluding carboxylic acids is 1. The van der Waals surface area contributed by atoms with Gasteiger partial charge in [0.05, 0.1) is 5.51 Å².